The molecule has 4 nitrogen and oxygen atoms in total. The summed E-state index contributed by atoms with van der Waals surface area (Å²) in [6, 6.07) is 3.82. The smallest absolute Gasteiger partial charge is 0.395 e. The van der Waals surface area contributed by atoms with Crippen LogP contribution in [0.2, 0.25) is 10.4 Å². The number of benzene rings is 1. The number of ether oxygens (including phenoxy) is 1. The normalized spacial score (nSPS) is 11.3. The number of halogens is 3. The molecular weight excluding hydrogens is 341 g/mol. The molecule has 2 N–H and O–H groups in total. The van der Waals surface area contributed by atoms with E-state index in [9.17, 15) is 0 Å². The van der Waals surface area contributed by atoms with Gasteiger partial charge in [0.15, 0.2) is 11.0 Å². The molecule has 3 aromatic rings. The molecule has 92 valence electrons. The van der Waals surface area contributed by atoms with E-state index in [1.165, 1.54) is 0 Å². The summed E-state index contributed by atoms with van der Waals surface area (Å²) >= 11 is 15.4. The predicted octanol–water partition coefficient (Wildman–Crippen LogP) is 3.61. The predicted molar refractivity (Wildman–Crippen MR) is 74.4 cm³/mol. The van der Waals surface area contributed by atoms with Crippen molar-refractivity contribution in [2.75, 3.05) is 7.11 Å². The Morgan fingerprint density at radius 1 is 1.39 bits per heavy atom. The van der Waals surface area contributed by atoms with Crippen LogP contribution in [0.15, 0.2) is 16.6 Å². The Hall–Kier alpha value is -1.04. The molecule has 0 fully saturated rings. The van der Waals surface area contributed by atoms with Crippen molar-refractivity contribution >= 4 is 61.1 Å². The summed E-state index contributed by atoms with van der Waals surface area (Å²) in [6.45, 7) is 0. The van der Waals surface area contributed by atoms with E-state index in [0.29, 0.717) is 10.7 Å². The third-order valence-electron chi connectivity index (χ3n) is 2.68. The molecular formula is C11H7BrCl2N3O+. The maximum Gasteiger partial charge on any atom is 0.395 e. The number of methoxy groups -OCH3 is 1. The Bertz CT molecular complexity index is 772. The number of fused-ring (bicyclic) bond motifs is 3. The van der Waals surface area contributed by atoms with Crippen LogP contribution in [-0.4, -0.2) is 17.1 Å². The molecule has 0 saturated carbocycles. The number of hydrogen-bond acceptors (Lipinski definition) is 2. The van der Waals surface area contributed by atoms with E-state index in [1.807, 2.05) is 12.1 Å². The van der Waals surface area contributed by atoms with Gasteiger partial charge < -0.3 is 9.72 Å². The average Bonchev–Trinajstić information content (AvgIpc) is 2.66. The fourth-order valence-corrected chi connectivity index (χ4v) is 2.86. The van der Waals surface area contributed by atoms with Crippen LogP contribution in [-0.2, 0) is 0 Å². The standard InChI is InChI=1S/C11H6BrCl2N3O/c1-18-6-3-4(12)2-5-7(6)8-9(15-5)10(13)17-11(14)16-8/h2-3,15H,1H3/p+1. The van der Waals surface area contributed by atoms with E-state index in [0.717, 1.165) is 26.6 Å². The first-order chi connectivity index (χ1) is 8.60. The molecule has 0 aliphatic carbocycles. The third-order valence-corrected chi connectivity index (χ3v) is 3.59. The first-order valence-electron chi connectivity index (χ1n) is 5.03. The van der Waals surface area contributed by atoms with Crippen molar-refractivity contribution in [3.05, 3.63) is 27.0 Å². The van der Waals surface area contributed by atoms with Gasteiger partial charge in [-0.15, -0.1) is 0 Å². The van der Waals surface area contributed by atoms with E-state index >= 15 is 0 Å². The van der Waals surface area contributed by atoms with E-state index in [2.05, 4.69) is 30.9 Å². The van der Waals surface area contributed by atoms with Gasteiger partial charge >= 0.3 is 5.28 Å². The van der Waals surface area contributed by atoms with Gasteiger partial charge in [0.1, 0.15) is 5.75 Å². The molecule has 0 aliphatic heterocycles. The molecule has 7 heteroatoms. The van der Waals surface area contributed by atoms with Crippen LogP contribution in [0.1, 0.15) is 0 Å². The quantitative estimate of drug-likeness (QED) is 0.540. The van der Waals surface area contributed by atoms with Crippen molar-refractivity contribution in [1.82, 2.24) is 9.97 Å². The maximum absolute atomic E-state index is 6.07. The van der Waals surface area contributed by atoms with E-state index in [1.54, 1.807) is 7.11 Å². The molecule has 0 unspecified atom stereocenters. The second-order valence-electron chi connectivity index (χ2n) is 3.72. The molecule has 0 spiro atoms. The molecule has 2 heterocycles. The fraction of sp³-hybridized carbons (Fsp3) is 0.0909. The Balaban J connectivity index is 2.57. The fourth-order valence-electron chi connectivity index (χ4n) is 1.97. The topological polar surface area (TPSA) is 52.0 Å². The van der Waals surface area contributed by atoms with E-state index in [4.69, 9.17) is 27.9 Å². The summed E-state index contributed by atoms with van der Waals surface area (Å²) in [7, 11) is 1.62. The zero-order valence-corrected chi connectivity index (χ0v) is 12.2. The van der Waals surface area contributed by atoms with Crippen LogP contribution >= 0.6 is 39.1 Å². The van der Waals surface area contributed by atoms with Crippen LogP contribution in [0.25, 0.3) is 21.9 Å². The first-order valence-corrected chi connectivity index (χ1v) is 6.58. The minimum Gasteiger partial charge on any atom is -0.496 e. The second-order valence-corrected chi connectivity index (χ2v) is 5.36. The van der Waals surface area contributed by atoms with Gasteiger partial charge in [0.2, 0.25) is 0 Å². The highest BCUT2D eigenvalue weighted by Crippen LogP contribution is 2.35. The van der Waals surface area contributed by atoms with Crippen molar-refractivity contribution in [2.24, 2.45) is 0 Å². The van der Waals surface area contributed by atoms with Crippen LogP contribution in [0.3, 0.4) is 0 Å². The maximum atomic E-state index is 6.07. The lowest BCUT2D eigenvalue weighted by Gasteiger charge is -2.01. The summed E-state index contributed by atoms with van der Waals surface area (Å²) in [5.41, 5.74) is 2.37. The van der Waals surface area contributed by atoms with E-state index in [-0.39, 0.29) is 5.28 Å². The molecule has 3 rings (SSSR count). The summed E-state index contributed by atoms with van der Waals surface area (Å²) in [5, 5.41) is 1.45. The molecule has 18 heavy (non-hydrogen) atoms. The number of H-pyrrole nitrogens is 2. The van der Waals surface area contributed by atoms with Crippen LogP contribution in [0.4, 0.5) is 0 Å². The summed E-state index contributed by atoms with van der Waals surface area (Å²) in [4.78, 5) is 10.2. The van der Waals surface area contributed by atoms with Gasteiger partial charge in [-0.2, -0.15) is 0 Å². The van der Waals surface area contributed by atoms with Gasteiger partial charge in [0.25, 0.3) is 5.15 Å². The first kappa shape index (κ1) is 12.0. The number of nitrogens with zero attached hydrogens (tertiary/aromatic N) is 1. The summed E-state index contributed by atoms with van der Waals surface area (Å²) in [5.74, 6) is 0.722. The number of aromatic amines is 2. The third kappa shape index (κ3) is 1.74. The average molecular weight is 348 g/mol. The SMILES string of the molecule is COc1cc(Br)cc2[nH]c3c(Cl)nc(Cl)[nH+]c3c12. The van der Waals surface area contributed by atoms with Crippen molar-refractivity contribution < 1.29 is 9.72 Å². The van der Waals surface area contributed by atoms with Crippen molar-refractivity contribution in [1.29, 1.82) is 0 Å². The highest BCUT2D eigenvalue weighted by Gasteiger charge is 2.20. The number of rotatable bonds is 1. The molecule has 0 amide bonds. The highest BCUT2D eigenvalue weighted by molar-refractivity contribution is 9.10. The number of nitrogens with one attached hydrogen (secondary N) is 2. The van der Waals surface area contributed by atoms with Gasteiger partial charge in [-0.1, -0.05) is 15.9 Å². The summed E-state index contributed by atoms with van der Waals surface area (Å²) in [6.07, 6.45) is 0. The summed E-state index contributed by atoms with van der Waals surface area (Å²) < 4.78 is 6.29. The van der Waals surface area contributed by atoms with Crippen molar-refractivity contribution in [2.45, 2.75) is 0 Å². The lowest BCUT2D eigenvalue weighted by atomic mass is 10.2. The zero-order chi connectivity index (χ0) is 12.9. The molecule has 0 radical (unpaired) electrons. The number of aromatic nitrogens is 3. The molecule has 0 saturated heterocycles. The Labute approximate surface area is 120 Å². The lowest BCUT2D eigenvalue weighted by molar-refractivity contribution is -0.345. The molecule has 2 aromatic heterocycles. The monoisotopic (exact) mass is 346 g/mol. The molecule has 0 aliphatic rings. The van der Waals surface area contributed by atoms with Crippen LogP contribution in [0.5, 0.6) is 5.75 Å². The van der Waals surface area contributed by atoms with Gasteiger partial charge in [-0.05, 0) is 28.7 Å². The van der Waals surface area contributed by atoms with Crippen LogP contribution < -0.4 is 9.72 Å². The zero-order valence-electron chi connectivity index (χ0n) is 9.14. The van der Waals surface area contributed by atoms with Gasteiger partial charge in [-0.3, -0.25) is 0 Å². The van der Waals surface area contributed by atoms with Crippen LogP contribution in [0, 0.1) is 0 Å². The molecule has 1 aromatic carbocycles. The Morgan fingerprint density at radius 2 is 2.17 bits per heavy atom. The largest absolute Gasteiger partial charge is 0.496 e. The minimum absolute atomic E-state index is 0.235. The highest BCUT2D eigenvalue weighted by atomic mass is 79.9. The molecule has 0 bridgehead atoms. The van der Waals surface area contributed by atoms with Gasteiger partial charge in [-0.25, -0.2) is 4.98 Å². The Kier molecular flexibility index (Phi) is 2.84. The molecule has 0 atom stereocenters. The number of hydrogen-bond donors (Lipinski definition) is 1. The van der Waals surface area contributed by atoms with Crippen molar-refractivity contribution in [3.63, 3.8) is 0 Å². The van der Waals surface area contributed by atoms with Gasteiger partial charge in [0.05, 0.1) is 18.0 Å². The van der Waals surface area contributed by atoms with Crippen molar-refractivity contribution in [3.8, 4) is 5.75 Å². The second kappa shape index (κ2) is 4.26. The van der Waals surface area contributed by atoms with Gasteiger partial charge in [0, 0.05) is 16.1 Å². The lowest BCUT2D eigenvalue weighted by Crippen LogP contribution is -2.07. The Morgan fingerprint density at radius 3 is 2.89 bits per heavy atom. The minimum atomic E-state index is 0.235. The van der Waals surface area contributed by atoms with E-state index < -0.39 is 0 Å².